The number of para-hydroxylation sites is 1. The average molecular weight is 252 g/mol. The van der Waals surface area contributed by atoms with Gasteiger partial charge in [0.25, 0.3) is 5.56 Å². The van der Waals surface area contributed by atoms with Gasteiger partial charge in [-0.1, -0.05) is 18.2 Å². The molecule has 1 heterocycles. The van der Waals surface area contributed by atoms with Crippen LogP contribution < -0.4 is 16.6 Å². The van der Waals surface area contributed by atoms with E-state index >= 15 is 0 Å². The van der Waals surface area contributed by atoms with Crippen molar-refractivity contribution in [2.75, 3.05) is 11.1 Å². The number of aromatic nitrogens is 2. The maximum absolute atomic E-state index is 12.0. The zero-order chi connectivity index (χ0) is 13.2. The largest absolute Gasteiger partial charge is 0.399 e. The molecule has 0 atom stereocenters. The molecule has 0 aliphatic carbocycles. The Morgan fingerprint density at radius 3 is 2.68 bits per heavy atom. The zero-order valence-corrected chi connectivity index (χ0v) is 10.1. The maximum atomic E-state index is 12.0. The first-order valence-electron chi connectivity index (χ1n) is 5.84. The number of nitrogen functional groups attached to an aromatic ring is 1. The quantitative estimate of drug-likeness (QED) is 0.611. The van der Waals surface area contributed by atoms with Crippen LogP contribution in [0.4, 0.5) is 17.3 Å². The van der Waals surface area contributed by atoms with Gasteiger partial charge in [-0.05, 0) is 30.3 Å². The lowest BCUT2D eigenvalue weighted by atomic mass is 10.2. The second-order valence-corrected chi connectivity index (χ2v) is 4.18. The van der Waals surface area contributed by atoms with E-state index in [2.05, 4.69) is 15.3 Å². The van der Waals surface area contributed by atoms with Gasteiger partial charge in [-0.3, -0.25) is 9.78 Å². The Morgan fingerprint density at radius 1 is 1.11 bits per heavy atom. The van der Waals surface area contributed by atoms with Gasteiger partial charge < -0.3 is 11.1 Å². The molecule has 0 radical (unpaired) electrons. The molecular weight excluding hydrogens is 240 g/mol. The van der Waals surface area contributed by atoms with Crippen LogP contribution in [0, 0.1) is 0 Å². The third-order valence-corrected chi connectivity index (χ3v) is 2.77. The number of fused-ring (bicyclic) bond motifs is 1. The van der Waals surface area contributed by atoms with Crippen molar-refractivity contribution in [3.8, 4) is 0 Å². The van der Waals surface area contributed by atoms with Crippen molar-refractivity contribution in [2.45, 2.75) is 0 Å². The highest BCUT2D eigenvalue weighted by molar-refractivity contribution is 5.82. The molecule has 94 valence electrons. The molecular formula is C14H12N4O. The molecule has 5 nitrogen and oxygen atoms in total. The van der Waals surface area contributed by atoms with Crippen LogP contribution in [0.25, 0.3) is 10.9 Å². The summed E-state index contributed by atoms with van der Waals surface area (Å²) in [6.07, 6.45) is 0. The van der Waals surface area contributed by atoms with Gasteiger partial charge in [0, 0.05) is 11.4 Å². The fraction of sp³-hybridized carbons (Fsp3) is 0. The minimum absolute atomic E-state index is 0.212. The van der Waals surface area contributed by atoms with Crippen molar-refractivity contribution in [2.24, 2.45) is 0 Å². The molecule has 5 heteroatoms. The topological polar surface area (TPSA) is 83.8 Å². The van der Waals surface area contributed by atoms with Crippen molar-refractivity contribution in [1.82, 2.24) is 9.97 Å². The molecule has 3 aromatic rings. The summed E-state index contributed by atoms with van der Waals surface area (Å²) in [5, 5.41) is 3.54. The van der Waals surface area contributed by atoms with Gasteiger partial charge in [-0.25, -0.2) is 4.98 Å². The van der Waals surface area contributed by atoms with E-state index in [9.17, 15) is 4.79 Å². The van der Waals surface area contributed by atoms with Crippen LogP contribution in [-0.2, 0) is 0 Å². The summed E-state index contributed by atoms with van der Waals surface area (Å²) in [5.41, 5.74) is 7.46. The maximum Gasteiger partial charge on any atom is 0.260 e. The zero-order valence-electron chi connectivity index (χ0n) is 10.1. The van der Waals surface area contributed by atoms with Crippen LogP contribution in [0.1, 0.15) is 0 Å². The van der Waals surface area contributed by atoms with Crippen LogP contribution >= 0.6 is 0 Å². The molecule has 0 saturated heterocycles. The normalized spacial score (nSPS) is 10.5. The molecule has 19 heavy (non-hydrogen) atoms. The van der Waals surface area contributed by atoms with E-state index in [1.165, 1.54) is 0 Å². The van der Waals surface area contributed by atoms with E-state index in [0.29, 0.717) is 22.5 Å². The minimum Gasteiger partial charge on any atom is -0.399 e. The first-order valence-corrected chi connectivity index (χ1v) is 5.84. The van der Waals surface area contributed by atoms with Gasteiger partial charge in [0.15, 0.2) is 0 Å². The number of anilines is 3. The number of nitrogens with one attached hydrogen (secondary N) is 2. The van der Waals surface area contributed by atoms with Gasteiger partial charge >= 0.3 is 0 Å². The van der Waals surface area contributed by atoms with Gasteiger partial charge in [0.05, 0.1) is 10.9 Å². The standard InChI is InChI=1S/C14H12N4O/c15-9-6-7-12-11(8-9)13(19)18-14(17-12)16-10-4-2-1-3-5-10/h1-8H,15H2,(H2,16,17,18,19). The van der Waals surface area contributed by atoms with Gasteiger partial charge in [-0.2, -0.15) is 0 Å². The smallest absolute Gasteiger partial charge is 0.260 e. The summed E-state index contributed by atoms with van der Waals surface area (Å²) >= 11 is 0. The highest BCUT2D eigenvalue weighted by atomic mass is 16.1. The molecule has 0 aliphatic rings. The van der Waals surface area contributed by atoms with Crippen LogP contribution in [0.15, 0.2) is 53.3 Å². The molecule has 0 saturated carbocycles. The molecule has 0 unspecified atom stereocenters. The predicted octanol–water partition coefficient (Wildman–Crippen LogP) is 2.25. The molecule has 0 spiro atoms. The van der Waals surface area contributed by atoms with Crippen molar-refractivity contribution in [3.05, 3.63) is 58.9 Å². The van der Waals surface area contributed by atoms with E-state index < -0.39 is 0 Å². The Balaban J connectivity index is 2.07. The van der Waals surface area contributed by atoms with Crippen LogP contribution in [0.2, 0.25) is 0 Å². The number of hydrogen-bond donors (Lipinski definition) is 3. The Hall–Kier alpha value is -2.82. The number of hydrogen-bond acceptors (Lipinski definition) is 4. The molecule has 4 N–H and O–H groups in total. The highest BCUT2D eigenvalue weighted by Gasteiger charge is 2.04. The van der Waals surface area contributed by atoms with E-state index in [4.69, 9.17) is 5.73 Å². The van der Waals surface area contributed by atoms with Crippen molar-refractivity contribution in [1.29, 1.82) is 0 Å². The molecule has 0 aliphatic heterocycles. The van der Waals surface area contributed by atoms with Gasteiger partial charge in [-0.15, -0.1) is 0 Å². The predicted molar refractivity (Wildman–Crippen MR) is 76.5 cm³/mol. The average Bonchev–Trinajstić information content (AvgIpc) is 2.41. The molecule has 1 aromatic heterocycles. The lowest BCUT2D eigenvalue weighted by Gasteiger charge is -2.06. The number of nitrogens with two attached hydrogens (primary N) is 1. The number of rotatable bonds is 2. The van der Waals surface area contributed by atoms with Crippen molar-refractivity contribution in [3.63, 3.8) is 0 Å². The summed E-state index contributed by atoms with van der Waals surface area (Å²) in [7, 11) is 0. The summed E-state index contributed by atoms with van der Waals surface area (Å²) < 4.78 is 0. The fourth-order valence-electron chi connectivity index (χ4n) is 1.87. The monoisotopic (exact) mass is 252 g/mol. The van der Waals surface area contributed by atoms with Gasteiger partial charge in [0.2, 0.25) is 5.95 Å². The summed E-state index contributed by atoms with van der Waals surface area (Å²) in [6.45, 7) is 0. The van der Waals surface area contributed by atoms with E-state index in [-0.39, 0.29) is 5.56 Å². The molecule has 2 aromatic carbocycles. The lowest BCUT2D eigenvalue weighted by Crippen LogP contribution is -2.11. The Morgan fingerprint density at radius 2 is 1.89 bits per heavy atom. The fourth-order valence-corrected chi connectivity index (χ4v) is 1.87. The van der Waals surface area contributed by atoms with Crippen LogP contribution in [0.5, 0.6) is 0 Å². The third-order valence-electron chi connectivity index (χ3n) is 2.77. The van der Waals surface area contributed by atoms with Crippen molar-refractivity contribution < 1.29 is 0 Å². The third kappa shape index (κ3) is 2.26. The first-order chi connectivity index (χ1) is 9.22. The molecule has 0 amide bonds. The molecule has 3 rings (SSSR count). The molecule has 0 fully saturated rings. The first kappa shape index (κ1) is 11.3. The van der Waals surface area contributed by atoms with Gasteiger partial charge in [0.1, 0.15) is 0 Å². The van der Waals surface area contributed by atoms with Crippen LogP contribution in [-0.4, -0.2) is 9.97 Å². The lowest BCUT2D eigenvalue weighted by molar-refractivity contribution is 1.17. The highest BCUT2D eigenvalue weighted by Crippen LogP contribution is 2.15. The Labute approximate surface area is 109 Å². The Kier molecular flexibility index (Phi) is 2.64. The second-order valence-electron chi connectivity index (χ2n) is 4.18. The van der Waals surface area contributed by atoms with E-state index in [0.717, 1.165) is 5.69 Å². The number of H-pyrrole nitrogens is 1. The van der Waals surface area contributed by atoms with Crippen molar-refractivity contribution >= 4 is 28.2 Å². The molecule has 0 bridgehead atoms. The summed E-state index contributed by atoms with van der Waals surface area (Å²) in [4.78, 5) is 19.0. The summed E-state index contributed by atoms with van der Waals surface area (Å²) in [5.74, 6) is 0.411. The van der Waals surface area contributed by atoms with E-state index in [1.54, 1.807) is 18.2 Å². The second kappa shape index (κ2) is 4.45. The number of benzene rings is 2. The number of aromatic amines is 1. The minimum atomic E-state index is -0.212. The van der Waals surface area contributed by atoms with Crippen LogP contribution in [0.3, 0.4) is 0 Å². The SMILES string of the molecule is Nc1ccc2nc(Nc3ccccc3)[nH]c(=O)c2c1. The Bertz CT molecular complexity index is 780. The van der Waals surface area contributed by atoms with E-state index in [1.807, 2.05) is 30.3 Å². The summed E-state index contributed by atoms with van der Waals surface area (Å²) in [6, 6.07) is 14.6. The number of nitrogens with zero attached hydrogens (tertiary/aromatic N) is 1.